The Labute approximate surface area is 154 Å². The van der Waals surface area contributed by atoms with Crippen LogP contribution in [0.5, 0.6) is 0 Å². The van der Waals surface area contributed by atoms with Gasteiger partial charge in [0.2, 0.25) is 10.0 Å². The average molecular weight is 366 g/mol. The van der Waals surface area contributed by atoms with Crippen LogP contribution in [-0.2, 0) is 16.6 Å². The van der Waals surface area contributed by atoms with E-state index in [1.807, 2.05) is 24.4 Å². The molecule has 0 saturated heterocycles. The van der Waals surface area contributed by atoms with Crippen molar-refractivity contribution in [3.05, 3.63) is 89.2 Å². The van der Waals surface area contributed by atoms with Crippen LogP contribution >= 0.6 is 0 Å². The Kier molecular flexibility index (Phi) is 4.21. The van der Waals surface area contributed by atoms with Crippen LogP contribution in [0.15, 0.2) is 71.8 Å². The molecule has 1 aliphatic heterocycles. The molecule has 0 spiro atoms. The second-order valence-corrected chi connectivity index (χ2v) is 8.71. The summed E-state index contributed by atoms with van der Waals surface area (Å²) in [6.07, 6.45) is 2.03. The van der Waals surface area contributed by atoms with Gasteiger partial charge in [-0.05, 0) is 49.2 Å². The number of rotatable bonds is 3. The number of aromatic nitrogens is 1. The van der Waals surface area contributed by atoms with Gasteiger partial charge < -0.3 is 4.57 Å². The van der Waals surface area contributed by atoms with Crippen molar-refractivity contribution in [3.8, 4) is 0 Å². The van der Waals surface area contributed by atoms with Crippen molar-refractivity contribution in [2.75, 3.05) is 6.54 Å². The van der Waals surface area contributed by atoms with E-state index in [2.05, 4.69) is 36.6 Å². The van der Waals surface area contributed by atoms with E-state index in [9.17, 15) is 8.42 Å². The summed E-state index contributed by atoms with van der Waals surface area (Å²) < 4.78 is 30.6. The molecule has 0 amide bonds. The third-order valence-electron chi connectivity index (χ3n) is 5.06. The molecule has 1 aliphatic rings. The van der Waals surface area contributed by atoms with Gasteiger partial charge in [-0.25, -0.2) is 8.42 Å². The molecule has 0 N–H and O–H groups in total. The van der Waals surface area contributed by atoms with E-state index in [1.165, 1.54) is 5.56 Å². The van der Waals surface area contributed by atoms with Crippen LogP contribution in [-0.4, -0.2) is 23.8 Å². The van der Waals surface area contributed by atoms with Crippen LogP contribution in [0, 0.1) is 13.8 Å². The fraction of sp³-hybridized carbons (Fsp3) is 0.238. The van der Waals surface area contributed by atoms with Gasteiger partial charge in [0, 0.05) is 25.0 Å². The highest BCUT2D eigenvalue weighted by Gasteiger charge is 2.38. The highest BCUT2D eigenvalue weighted by molar-refractivity contribution is 7.89. The molecule has 134 valence electrons. The van der Waals surface area contributed by atoms with E-state index in [4.69, 9.17) is 0 Å². The number of hydrogen-bond donors (Lipinski definition) is 0. The number of nitrogens with zero attached hydrogens (tertiary/aromatic N) is 2. The molecule has 0 radical (unpaired) electrons. The van der Waals surface area contributed by atoms with Gasteiger partial charge in [0.25, 0.3) is 0 Å². The topological polar surface area (TPSA) is 42.3 Å². The maximum atomic E-state index is 13.4. The lowest BCUT2D eigenvalue weighted by molar-refractivity contribution is 0.297. The molecular formula is C21H22N2O2S. The molecule has 4 rings (SSSR count). The minimum atomic E-state index is -3.59. The van der Waals surface area contributed by atoms with Gasteiger partial charge >= 0.3 is 0 Å². The third-order valence-corrected chi connectivity index (χ3v) is 6.94. The SMILES string of the molecule is Cc1ccc(C2c3cccn3CCN2S(=O)(=O)c2ccccc2)c(C)c1. The molecule has 0 fully saturated rings. The summed E-state index contributed by atoms with van der Waals surface area (Å²) in [4.78, 5) is 0.342. The van der Waals surface area contributed by atoms with Crippen molar-refractivity contribution in [1.82, 2.24) is 8.87 Å². The number of fused-ring (bicyclic) bond motifs is 1. The molecule has 26 heavy (non-hydrogen) atoms. The molecule has 0 aliphatic carbocycles. The first-order valence-corrected chi connectivity index (χ1v) is 10.2. The first kappa shape index (κ1) is 17.1. The zero-order chi connectivity index (χ0) is 18.3. The Morgan fingerprint density at radius 3 is 2.42 bits per heavy atom. The normalized spacial score (nSPS) is 17.8. The molecular weight excluding hydrogens is 344 g/mol. The van der Waals surface area contributed by atoms with Crippen LogP contribution < -0.4 is 0 Å². The molecule has 2 aromatic carbocycles. The predicted molar refractivity (Wildman–Crippen MR) is 103 cm³/mol. The number of benzene rings is 2. The van der Waals surface area contributed by atoms with Gasteiger partial charge in [-0.3, -0.25) is 0 Å². The van der Waals surface area contributed by atoms with Crippen molar-refractivity contribution >= 4 is 10.0 Å². The van der Waals surface area contributed by atoms with Gasteiger partial charge in [0.15, 0.2) is 0 Å². The van der Waals surface area contributed by atoms with Gasteiger partial charge in [-0.15, -0.1) is 0 Å². The monoisotopic (exact) mass is 366 g/mol. The van der Waals surface area contributed by atoms with Gasteiger partial charge in [-0.1, -0.05) is 42.0 Å². The number of aryl methyl sites for hydroxylation is 2. The summed E-state index contributed by atoms with van der Waals surface area (Å²) in [6.45, 7) is 5.23. The van der Waals surface area contributed by atoms with Crippen LogP contribution in [0.2, 0.25) is 0 Å². The standard InChI is InChI=1S/C21H22N2O2S/c1-16-10-11-19(17(2)15-16)21-20-9-6-12-22(20)13-14-23(21)26(24,25)18-7-4-3-5-8-18/h3-12,15,21H,13-14H2,1-2H3. The van der Waals surface area contributed by atoms with Crippen molar-refractivity contribution in [2.24, 2.45) is 0 Å². The summed E-state index contributed by atoms with van der Waals surface area (Å²) in [7, 11) is -3.59. The molecule has 1 atom stereocenters. The second-order valence-electron chi connectivity index (χ2n) is 6.82. The van der Waals surface area contributed by atoms with Crippen LogP contribution in [0.1, 0.15) is 28.4 Å². The molecule has 5 heteroatoms. The van der Waals surface area contributed by atoms with Gasteiger partial charge in [-0.2, -0.15) is 4.31 Å². The van der Waals surface area contributed by atoms with E-state index < -0.39 is 10.0 Å². The molecule has 2 heterocycles. The van der Waals surface area contributed by atoms with Crippen LogP contribution in [0.3, 0.4) is 0 Å². The van der Waals surface area contributed by atoms with E-state index in [1.54, 1.807) is 28.6 Å². The van der Waals surface area contributed by atoms with Gasteiger partial charge in [0.05, 0.1) is 10.9 Å². The van der Waals surface area contributed by atoms with Crippen LogP contribution in [0.4, 0.5) is 0 Å². The zero-order valence-electron chi connectivity index (χ0n) is 15.0. The Bertz CT molecular complexity index is 1040. The molecule has 4 nitrogen and oxygen atoms in total. The smallest absolute Gasteiger partial charge is 0.244 e. The average Bonchev–Trinajstić information content (AvgIpc) is 3.11. The van der Waals surface area contributed by atoms with E-state index in [-0.39, 0.29) is 6.04 Å². The largest absolute Gasteiger partial charge is 0.348 e. The Morgan fingerprint density at radius 2 is 1.69 bits per heavy atom. The summed E-state index contributed by atoms with van der Waals surface area (Å²) in [6, 6.07) is 18.6. The maximum absolute atomic E-state index is 13.4. The third kappa shape index (κ3) is 2.77. The van der Waals surface area contributed by atoms with E-state index in [0.29, 0.717) is 18.0 Å². The minimum Gasteiger partial charge on any atom is -0.348 e. The van der Waals surface area contributed by atoms with E-state index >= 15 is 0 Å². The summed E-state index contributed by atoms with van der Waals surface area (Å²) >= 11 is 0. The van der Waals surface area contributed by atoms with Gasteiger partial charge in [0.1, 0.15) is 0 Å². The number of sulfonamides is 1. The lowest BCUT2D eigenvalue weighted by atomic mass is 9.96. The zero-order valence-corrected chi connectivity index (χ0v) is 15.8. The Balaban J connectivity index is 1.89. The molecule has 3 aromatic rings. The fourth-order valence-electron chi connectivity index (χ4n) is 3.80. The highest BCUT2D eigenvalue weighted by Crippen LogP contribution is 2.37. The Morgan fingerprint density at radius 1 is 0.923 bits per heavy atom. The Hall–Kier alpha value is -2.37. The number of hydrogen-bond acceptors (Lipinski definition) is 2. The molecule has 1 aromatic heterocycles. The first-order chi connectivity index (χ1) is 12.5. The minimum absolute atomic E-state index is 0.315. The summed E-state index contributed by atoms with van der Waals surface area (Å²) in [5.74, 6) is 0. The van der Waals surface area contributed by atoms with Crippen LogP contribution in [0.25, 0.3) is 0 Å². The van der Waals surface area contributed by atoms with Crippen molar-refractivity contribution < 1.29 is 8.42 Å². The maximum Gasteiger partial charge on any atom is 0.244 e. The lowest BCUT2D eigenvalue weighted by Gasteiger charge is -2.37. The van der Waals surface area contributed by atoms with E-state index in [0.717, 1.165) is 16.8 Å². The molecule has 0 bridgehead atoms. The first-order valence-electron chi connectivity index (χ1n) is 8.77. The molecule has 1 unspecified atom stereocenters. The van der Waals surface area contributed by atoms with Crippen molar-refractivity contribution in [1.29, 1.82) is 0 Å². The predicted octanol–water partition coefficient (Wildman–Crippen LogP) is 3.90. The fourth-order valence-corrected chi connectivity index (χ4v) is 5.39. The summed E-state index contributed by atoms with van der Waals surface area (Å²) in [5.41, 5.74) is 4.34. The second kappa shape index (κ2) is 6.41. The highest BCUT2D eigenvalue weighted by atomic mass is 32.2. The summed E-state index contributed by atoms with van der Waals surface area (Å²) in [5, 5.41) is 0. The molecule has 0 saturated carbocycles. The van der Waals surface area contributed by atoms with Crippen molar-refractivity contribution in [2.45, 2.75) is 31.3 Å². The lowest BCUT2D eigenvalue weighted by Crippen LogP contribution is -2.42. The van der Waals surface area contributed by atoms with Crippen molar-refractivity contribution in [3.63, 3.8) is 0 Å². The quantitative estimate of drug-likeness (QED) is 0.705.